The molecule has 1 aromatic carbocycles. The minimum absolute atomic E-state index is 0.0853. The molecule has 0 radical (unpaired) electrons. The molecule has 0 fully saturated rings. The molecule has 0 saturated heterocycles. The summed E-state index contributed by atoms with van der Waals surface area (Å²) in [5, 5.41) is 11.6. The Kier molecular flexibility index (Phi) is 6.27. The van der Waals surface area contributed by atoms with Gasteiger partial charge in [-0.25, -0.2) is 0 Å². The van der Waals surface area contributed by atoms with Crippen LogP contribution in [0.15, 0.2) is 29.2 Å². The zero-order valence-corrected chi connectivity index (χ0v) is 13.8. The van der Waals surface area contributed by atoms with Crippen molar-refractivity contribution >= 4 is 29.3 Å². The molecule has 1 atom stereocenters. The fourth-order valence-electron chi connectivity index (χ4n) is 1.63. The molecule has 116 valence electrons. The molecule has 0 bridgehead atoms. The van der Waals surface area contributed by atoms with Crippen molar-refractivity contribution in [1.29, 1.82) is 0 Å². The van der Waals surface area contributed by atoms with E-state index in [1.54, 1.807) is 6.07 Å². The minimum atomic E-state index is -0.821. The number of anilines is 1. The van der Waals surface area contributed by atoms with Gasteiger partial charge in [0.2, 0.25) is 5.91 Å². The van der Waals surface area contributed by atoms with E-state index in [0.29, 0.717) is 12.1 Å². The van der Waals surface area contributed by atoms with E-state index in [4.69, 9.17) is 0 Å². The second-order valence-electron chi connectivity index (χ2n) is 5.93. The number of carboxylic acids is 1. The lowest BCUT2D eigenvalue weighted by Gasteiger charge is -2.20. The Morgan fingerprint density at radius 2 is 1.90 bits per heavy atom. The van der Waals surface area contributed by atoms with Crippen molar-refractivity contribution in [2.24, 2.45) is 5.41 Å². The number of thioether (sulfide) groups is 1. The van der Waals surface area contributed by atoms with Gasteiger partial charge >= 0.3 is 5.97 Å². The second-order valence-corrected chi connectivity index (χ2v) is 7.18. The van der Waals surface area contributed by atoms with Gasteiger partial charge in [0.15, 0.2) is 0 Å². The van der Waals surface area contributed by atoms with Crippen molar-refractivity contribution in [2.45, 2.75) is 50.7 Å². The summed E-state index contributed by atoms with van der Waals surface area (Å²) in [6.07, 6.45) is 1.40. The first-order valence-electron chi connectivity index (χ1n) is 7.05. The van der Waals surface area contributed by atoms with E-state index in [0.717, 1.165) is 11.3 Å². The van der Waals surface area contributed by atoms with Crippen molar-refractivity contribution in [3.05, 3.63) is 24.3 Å². The largest absolute Gasteiger partial charge is 0.480 e. The molecule has 1 aromatic rings. The van der Waals surface area contributed by atoms with Gasteiger partial charge in [0, 0.05) is 10.3 Å². The number of hydrogen-bond acceptors (Lipinski definition) is 3. The van der Waals surface area contributed by atoms with E-state index < -0.39 is 16.6 Å². The molecule has 0 spiro atoms. The van der Waals surface area contributed by atoms with Gasteiger partial charge in [-0.1, -0.05) is 46.2 Å². The second kappa shape index (κ2) is 7.50. The number of rotatable bonds is 6. The molecule has 0 heterocycles. The van der Waals surface area contributed by atoms with Crippen LogP contribution in [0.5, 0.6) is 0 Å². The molecule has 0 saturated carbocycles. The summed E-state index contributed by atoms with van der Waals surface area (Å²) >= 11 is 1.29. The van der Waals surface area contributed by atoms with Crippen molar-refractivity contribution in [3.8, 4) is 0 Å². The van der Waals surface area contributed by atoms with Crippen LogP contribution in [-0.4, -0.2) is 22.2 Å². The lowest BCUT2D eigenvalue weighted by Crippen LogP contribution is -2.28. The summed E-state index contributed by atoms with van der Waals surface area (Å²) in [7, 11) is 0. The van der Waals surface area contributed by atoms with E-state index in [9.17, 15) is 14.7 Å². The smallest absolute Gasteiger partial charge is 0.316 e. The number of aliphatic carboxylic acids is 1. The number of carbonyl (C=O) groups excluding carboxylic acids is 1. The molecule has 0 aromatic heterocycles. The summed E-state index contributed by atoms with van der Waals surface area (Å²) in [4.78, 5) is 24.2. The van der Waals surface area contributed by atoms with E-state index in [1.165, 1.54) is 11.8 Å². The third kappa shape index (κ3) is 5.42. The molecule has 0 aliphatic rings. The lowest BCUT2D eigenvalue weighted by atomic mass is 9.95. The van der Waals surface area contributed by atoms with Crippen molar-refractivity contribution in [1.82, 2.24) is 0 Å². The maximum absolute atomic E-state index is 12.1. The van der Waals surface area contributed by atoms with E-state index >= 15 is 0 Å². The first kappa shape index (κ1) is 17.6. The monoisotopic (exact) mass is 309 g/mol. The summed E-state index contributed by atoms with van der Waals surface area (Å²) in [6.45, 7) is 7.49. The average Bonchev–Trinajstić information content (AvgIpc) is 2.39. The number of carbonyl (C=O) groups is 2. The van der Waals surface area contributed by atoms with Gasteiger partial charge in [-0.15, -0.1) is 11.8 Å². The molecular weight excluding hydrogens is 286 g/mol. The van der Waals surface area contributed by atoms with Crippen LogP contribution < -0.4 is 5.32 Å². The number of para-hydroxylation sites is 1. The number of carboxylic acid groups (broad SMARTS) is 1. The molecule has 1 amide bonds. The van der Waals surface area contributed by atoms with E-state index in [-0.39, 0.29) is 5.91 Å². The first-order valence-corrected chi connectivity index (χ1v) is 7.93. The fraction of sp³-hybridized carbons (Fsp3) is 0.500. The quantitative estimate of drug-likeness (QED) is 0.779. The molecule has 5 heteroatoms. The van der Waals surface area contributed by atoms with Crippen LogP contribution in [0.4, 0.5) is 5.69 Å². The third-order valence-corrected chi connectivity index (χ3v) is 4.24. The molecule has 1 unspecified atom stereocenters. The van der Waals surface area contributed by atoms with Crippen LogP contribution in [0.1, 0.15) is 40.5 Å². The lowest BCUT2D eigenvalue weighted by molar-refractivity contribution is -0.136. The Hall–Kier alpha value is -1.49. The highest BCUT2D eigenvalue weighted by molar-refractivity contribution is 8.00. The standard InChI is InChI=1S/C16H23NO3S/c1-5-8-13(14(18)19)21-12-10-7-6-9-11(12)17-15(20)16(2,3)4/h6-7,9-10,13H,5,8H2,1-4H3,(H,17,20)(H,18,19). The highest BCUT2D eigenvalue weighted by Crippen LogP contribution is 2.33. The number of nitrogens with one attached hydrogen (secondary N) is 1. The van der Waals surface area contributed by atoms with E-state index in [1.807, 2.05) is 45.9 Å². The molecule has 4 nitrogen and oxygen atoms in total. The van der Waals surface area contributed by atoms with Gasteiger partial charge in [-0.05, 0) is 18.6 Å². The van der Waals surface area contributed by atoms with Gasteiger partial charge in [0.1, 0.15) is 5.25 Å². The van der Waals surface area contributed by atoms with Crippen LogP contribution >= 0.6 is 11.8 Å². The molecule has 21 heavy (non-hydrogen) atoms. The van der Waals surface area contributed by atoms with Gasteiger partial charge in [-0.3, -0.25) is 9.59 Å². The van der Waals surface area contributed by atoms with Gasteiger partial charge in [0.25, 0.3) is 0 Å². The normalized spacial score (nSPS) is 12.8. The Morgan fingerprint density at radius 1 is 1.29 bits per heavy atom. The summed E-state index contributed by atoms with van der Waals surface area (Å²) in [6, 6.07) is 7.32. The maximum Gasteiger partial charge on any atom is 0.316 e. The molecule has 0 aliphatic heterocycles. The van der Waals surface area contributed by atoms with Crippen LogP contribution in [-0.2, 0) is 9.59 Å². The van der Waals surface area contributed by atoms with Gasteiger partial charge in [0.05, 0.1) is 5.69 Å². The Bertz CT molecular complexity index is 508. The zero-order chi connectivity index (χ0) is 16.0. The Balaban J connectivity index is 2.93. The van der Waals surface area contributed by atoms with Gasteiger partial charge in [-0.2, -0.15) is 0 Å². The fourth-order valence-corrected chi connectivity index (χ4v) is 2.79. The van der Waals surface area contributed by atoms with Crippen molar-refractivity contribution < 1.29 is 14.7 Å². The SMILES string of the molecule is CCCC(Sc1ccccc1NC(=O)C(C)(C)C)C(=O)O. The summed E-state index contributed by atoms with van der Waals surface area (Å²) in [5.41, 5.74) is 0.178. The number of benzene rings is 1. The number of amides is 1. The average molecular weight is 309 g/mol. The highest BCUT2D eigenvalue weighted by Gasteiger charge is 2.23. The van der Waals surface area contributed by atoms with Crippen molar-refractivity contribution in [3.63, 3.8) is 0 Å². The van der Waals surface area contributed by atoms with Crippen LogP contribution in [0.3, 0.4) is 0 Å². The zero-order valence-electron chi connectivity index (χ0n) is 13.0. The maximum atomic E-state index is 12.1. The van der Waals surface area contributed by atoms with Crippen LogP contribution in [0, 0.1) is 5.41 Å². The first-order chi connectivity index (χ1) is 9.75. The van der Waals surface area contributed by atoms with E-state index in [2.05, 4.69) is 5.32 Å². The summed E-state index contributed by atoms with van der Waals surface area (Å²) < 4.78 is 0. The Morgan fingerprint density at radius 3 is 2.43 bits per heavy atom. The highest BCUT2D eigenvalue weighted by atomic mass is 32.2. The Labute approximate surface area is 130 Å². The summed E-state index contributed by atoms with van der Waals surface area (Å²) in [5.74, 6) is -0.906. The molecule has 0 aliphatic carbocycles. The molecule has 2 N–H and O–H groups in total. The molecule has 1 rings (SSSR count). The van der Waals surface area contributed by atoms with Crippen LogP contribution in [0.25, 0.3) is 0 Å². The van der Waals surface area contributed by atoms with Crippen LogP contribution in [0.2, 0.25) is 0 Å². The third-order valence-electron chi connectivity index (χ3n) is 2.91. The van der Waals surface area contributed by atoms with Gasteiger partial charge < -0.3 is 10.4 Å². The number of hydrogen-bond donors (Lipinski definition) is 2. The minimum Gasteiger partial charge on any atom is -0.480 e. The molecular formula is C16H23NO3S. The topological polar surface area (TPSA) is 66.4 Å². The van der Waals surface area contributed by atoms with Crippen molar-refractivity contribution in [2.75, 3.05) is 5.32 Å². The predicted molar refractivity (Wildman–Crippen MR) is 86.7 cm³/mol. The predicted octanol–water partition coefficient (Wildman–Crippen LogP) is 4.02.